The monoisotopic (exact) mass is 388 g/mol. The fourth-order valence-corrected chi connectivity index (χ4v) is 3.07. The van der Waals surface area contributed by atoms with Crippen molar-refractivity contribution >= 4 is 17.9 Å². The van der Waals surface area contributed by atoms with E-state index in [1.807, 2.05) is 32.1 Å². The Labute approximate surface area is 159 Å². The molecule has 1 unspecified atom stereocenters. The van der Waals surface area contributed by atoms with Gasteiger partial charge in [0.15, 0.2) is 0 Å². The third kappa shape index (κ3) is 4.13. The van der Waals surface area contributed by atoms with Crippen molar-refractivity contribution in [3.05, 3.63) is 69.2 Å². The predicted octanol–water partition coefficient (Wildman–Crippen LogP) is 2.70. The first-order valence-electron chi connectivity index (χ1n) is 8.83. The Kier molecular flexibility index (Phi) is 5.36. The summed E-state index contributed by atoms with van der Waals surface area (Å²) in [7, 11) is 0. The highest BCUT2D eigenvalue weighted by molar-refractivity contribution is 5.94. The summed E-state index contributed by atoms with van der Waals surface area (Å²) in [5.41, 5.74) is 1.06. The van der Waals surface area contributed by atoms with E-state index in [1.165, 1.54) is 12.1 Å². The van der Waals surface area contributed by atoms with Crippen LogP contribution in [0, 0.1) is 19.8 Å². The summed E-state index contributed by atoms with van der Waals surface area (Å²) in [5, 5.41) is 4.12. The van der Waals surface area contributed by atoms with Gasteiger partial charge in [-0.2, -0.15) is 13.2 Å². The number of nitrogens with zero attached hydrogens (tertiary/aromatic N) is 1. The summed E-state index contributed by atoms with van der Waals surface area (Å²) in [6.45, 7) is 4.01. The Morgan fingerprint density at radius 1 is 1.18 bits per heavy atom. The first-order valence-corrected chi connectivity index (χ1v) is 8.83. The van der Waals surface area contributed by atoms with E-state index in [0.29, 0.717) is 11.8 Å². The van der Waals surface area contributed by atoms with E-state index in [9.17, 15) is 22.8 Å². The minimum absolute atomic E-state index is 0.0742. The number of nitrogens with one attached hydrogen (secondary N) is 1. The molecule has 28 heavy (non-hydrogen) atoms. The van der Waals surface area contributed by atoms with Crippen molar-refractivity contribution in [2.75, 3.05) is 6.54 Å². The van der Waals surface area contributed by atoms with E-state index in [-0.39, 0.29) is 18.0 Å². The molecule has 0 spiro atoms. The number of fused-ring (bicyclic) bond motifs is 1. The summed E-state index contributed by atoms with van der Waals surface area (Å²) in [6, 6.07) is 8.10. The zero-order chi connectivity index (χ0) is 20.5. The van der Waals surface area contributed by atoms with Crippen LogP contribution in [0.25, 0.3) is 6.08 Å². The molecule has 0 aromatic heterocycles. The molecule has 0 saturated heterocycles. The molecular formula is C21H19F3N2O2. The molecule has 1 N–H and O–H groups in total. The molecule has 2 aromatic rings. The van der Waals surface area contributed by atoms with Gasteiger partial charge in [-0.25, -0.2) is 4.99 Å². The maximum absolute atomic E-state index is 12.8. The van der Waals surface area contributed by atoms with Crippen LogP contribution in [-0.2, 0) is 11.0 Å². The Morgan fingerprint density at radius 2 is 1.93 bits per heavy atom. The van der Waals surface area contributed by atoms with Crippen LogP contribution < -0.4 is 15.9 Å². The molecule has 1 atom stereocenters. The van der Waals surface area contributed by atoms with Crippen molar-refractivity contribution in [1.29, 1.82) is 0 Å². The van der Waals surface area contributed by atoms with Crippen molar-refractivity contribution in [2.24, 2.45) is 10.9 Å². The standard InChI is InChI=1S/C21H19F3N2O2/c1-12-6-7-14-10-16(20(28)26-18(14)13(12)2)8-9-25-19(27)15-4-3-5-17(11-15)21(22,23)24/h3-7,10-11,16H,8-9H2,1-2H3,(H,25,27). The molecule has 0 radical (unpaired) electrons. The number of amides is 2. The van der Waals surface area contributed by atoms with Crippen molar-refractivity contribution in [2.45, 2.75) is 26.4 Å². The van der Waals surface area contributed by atoms with Gasteiger partial charge in [-0.3, -0.25) is 9.59 Å². The van der Waals surface area contributed by atoms with Crippen LogP contribution in [0.15, 0.2) is 41.4 Å². The molecule has 3 rings (SSSR count). The van der Waals surface area contributed by atoms with Crippen molar-refractivity contribution in [3.63, 3.8) is 0 Å². The van der Waals surface area contributed by atoms with Gasteiger partial charge in [0.2, 0.25) is 0 Å². The molecular weight excluding hydrogens is 369 g/mol. The first kappa shape index (κ1) is 19.8. The minimum atomic E-state index is -4.51. The van der Waals surface area contributed by atoms with Crippen molar-refractivity contribution < 1.29 is 22.8 Å². The van der Waals surface area contributed by atoms with Gasteiger partial charge in [0, 0.05) is 12.1 Å². The Hall–Kier alpha value is -2.96. The topological polar surface area (TPSA) is 58.5 Å². The summed E-state index contributed by atoms with van der Waals surface area (Å²) < 4.78 is 38.3. The van der Waals surface area contributed by atoms with Gasteiger partial charge in [-0.15, -0.1) is 0 Å². The predicted molar refractivity (Wildman–Crippen MR) is 98.1 cm³/mol. The zero-order valence-electron chi connectivity index (χ0n) is 15.4. The molecule has 7 heteroatoms. The van der Waals surface area contributed by atoms with Crippen molar-refractivity contribution in [3.8, 4) is 0 Å². The van der Waals surface area contributed by atoms with Gasteiger partial charge < -0.3 is 5.32 Å². The molecule has 0 saturated carbocycles. The molecule has 0 fully saturated rings. The average Bonchev–Trinajstić information content (AvgIpc) is 2.65. The summed E-state index contributed by atoms with van der Waals surface area (Å²) in [5.74, 6) is -1.37. The second-order valence-electron chi connectivity index (χ2n) is 6.79. The summed E-state index contributed by atoms with van der Waals surface area (Å²) >= 11 is 0. The number of hydrogen-bond donors (Lipinski definition) is 1. The van der Waals surface area contributed by atoms with Crippen LogP contribution in [0.2, 0.25) is 0 Å². The smallest absolute Gasteiger partial charge is 0.352 e. The van der Waals surface area contributed by atoms with Gasteiger partial charge in [0.1, 0.15) is 0 Å². The number of halogens is 3. The fraction of sp³-hybridized carbons (Fsp3) is 0.286. The number of carbonyl (C=O) groups is 2. The highest BCUT2D eigenvalue weighted by atomic mass is 19.4. The minimum Gasteiger partial charge on any atom is -0.352 e. The van der Waals surface area contributed by atoms with Crippen LogP contribution in [0.3, 0.4) is 0 Å². The van der Waals surface area contributed by atoms with Crippen LogP contribution in [0.4, 0.5) is 13.2 Å². The molecule has 1 heterocycles. The SMILES string of the molecule is Cc1ccc2c(c1C)=NC(=O)C(CCNC(=O)c1cccc(C(F)(F)F)c1)C=2. The van der Waals surface area contributed by atoms with E-state index in [4.69, 9.17) is 0 Å². The van der Waals surface area contributed by atoms with Gasteiger partial charge in [-0.05, 0) is 54.8 Å². The highest BCUT2D eigenvalue weighted by Crippen LogP contribution is 2.29. The van der Waals surface area contributed by atoms with Gasteiger partial charge >= 0.3 is 6.18 Å². The lowest BCUT2D eigenvalue weighted by Gasteiger charge is -2.14. The Morgan fingerprint density at radius 3 is 2.64 bits per heavy atom. The van der Waals surface area contributed by atoms with E-state index in [0.717, 1.165) is 28.5 Å². The maximum Gasteiger partial charge on any atom is 0.416 e. The largest absolute Gasteiger partial charge is 0.416 e. The normalized spacial score (nSPS) is 16.0. The Bertz CT molecular complexity index is 1060. The third-order valence-corrected chi connectivity index (χ3v) is 4.85. The lowest BCUT2D eigenvalue weighted by atomic mass is 9.97. The molecule has 2 aromatic carbocycles. The number of carbonyl (C=O) groups excluding carboxylic acids is 2. The van der Waals surface area contributed by atoms with Crippen molar-refractivity contribution in [1.82, 2.24) is 5.32 Å². The van der Waals surface area contributed by atoms with Gasteiger partial charge in [0.25, 0.3) is 11.8 Å². The van der Waals surface area contributed by atoms with Crippen LogP contribution in [0.1, 0.15) is 33.5 Å². The fourth-order valence-electron chi connectivity index (χ4n) is 3.07. The molecule has 2 amide bonds. The van der Waals surface area contributed by atoms with Gasteiger partial charge in [0.05, 0.1) is 16.8 Å². The zero-order valence-corrected chi connectivity index (χ0v) is 15.4. The molecule has 0 aliphatic carbocycles. The lowest BCUT2D eigenvalue weighted by Crippen LogP contribution is -2.37. The number of alkyl halides is 3. The number of rotatable bonds is 4. The lowest BCUT2D eigenvalue weighted by molar-refractivity contribution is -0.137. The third-order valence-electron chi connectivity index (χ3n) is 4.85. The average molecular weight is 388 g/mol. The molecule has 0 bridgehead atoms. The van der Waals surface area contributed by atoms with E-state index < -0.39 is 23.6 Å². The van der Waals surface area contributed by atoms with Crippen LogP contribution >= 0.6 is 0 Å². The van der Waals surface area contributed by atoms with E-state index in [2.05, 4.69) is 10.3 Å². The highest BCUT2D eigenvalue weighted by Gasteiger charge is 2.30. The second-order valence-corrected chi connectivity index (χ2v) is 6.79. The molecule has 4 nitrogen and oxygen atoms in total. The molecule has 1 aliphatic rings. The maximum atomic E-state index is 12.8. The number of benzene rings is 2. The van der Waals surface area contributed by atoms with Crippen LogP contribution in [-0.4, -0.2) is 18.4 Å². The van der Waals surface area contributed by atoms with E-state index >= 15 is 0 Å². The first-order chi connectivity index (χ1) is 13.2. The Balaban J connectivity index is 1.67. The summed E-state index contributed by atoms with van der Waals surface area (Å²) in [6.07, 6.45) is -2.36. The molecule has 1 aliphatic heterocycles. The van der Waals surface area contributed by atoms with Gasteiger partial charge in [-0.1, -0.05) is 24.3 Å². The molecule has 146 valence electrons. The van der Waals surface area contributed by atoms with Crippen LogP contribution in [0.5, 0.6) is 0 Å². The number of hydrogen-bond acceptors (Lipinski definition) is 2. The number of aryl methyl sites for hydroxylation is 1. The summed E-state index contributed by atoms with van der Waals surface area (Å²) in [4.78, 5) is 28.6. The second kappa shape index (κ2) is 7.58. The van der Waals surface area contributed by atoms with E-state index in [1.54, 1.807) is 0 Å². The quantitative estimate of drug-likeness (QED) is 0.876.